The number of carboxylic acids is 1. The van der Waals surface area contributed by atoms with Gasteiger partial charge >= 0.3 is 11.9 Å². The maximum atomic E-state index is 12.8. The summed E-state index contributed by atoms with van der Waals surface area (Å²) >= 11 is 0. The van der Waals surface area contributed by atoms with E-state index in [9.17, 15) is 19.8 Å². The van der Waals surface area contributed by atoms with Crippen molar-refractivity contribution in [2.24, 2.45) is 11.8 Å². The number of hydrogen-bond acceptors (Lipinski definition) is 8. The van der Waals surface area contributed by atoms with Crippen molar-refractivity contribution in [3.8, 4) is 5.75 Å². The molecule has 0 aromatic heterocycles. The minimum Gasteiger partial charge on any atom is -0.479 e. The summed E-state index contributed by atoms with van der Waals surface area (Å²) in [4.78, 5) is 24.3. The van der Waals surface area contributed by atoms with Crippen LogP contribution < -0.4 is 4.74 Å². The number of rotatable bonds is 11. The molecule has 1 aromatic carbocycles. The van der Waals surface area contributed by atoms with Crippen LogP contribution in [0.3, 0.4) is 0 Å². The van der Waals surface area contributed by atoms with Crippen LogP contribution in [0.1, 0.15) is 64.4 Å². The van der Waals surface area contributed by atoms with Gasteiger partial charge in [0.1, 0.15) is 11.9 Å². The summed E-state index contributed by atoms with van der Waals surface area (Å²) in [5.74, 6) is -1.15. The van der Waals surface area contributed by atoms with E-state index in [4.69, 9.17) is 23.7 Å². The number of para-hydroxylation sites is 1. The molecule has 0 spiro atoms. The van der Waals surface area contributed by atoms with Gasteiger partial charge in [-0.2, -0.15) is 0 Å². The molecule has 9 heteroatoms. The molecule has 0 radical (unpaired) electrons. The Labute approximate surface area is 229 Å². The van der Waals surface area contributed by atoms with E-state index in [1.807, 2.05) is 49.4 Å². The topological polar surface area (TPSA) is 121 Å². The van der Waals surface area contributed by atoms with E-state index >= 15 is 0 Å². The second kappa shape index (κ2) is 13.6. The number of benzene rings is 1. The van der Waals surface area contributed by atoms with Crippen molar-refractivity contribution in [3.63, 3.8) is 0 Å². The summed E-state index contributed by atoms with van der Waals surface area (Å²) in [6.07, 6.45) is 8.80. The Morgan fingerprint density at radius 2 is 2.00 bits per heavy atom. The number of aliphatic hydroxyl groups is 1. The summed E-state index contributed by atoms with van der Waals surface area (Å²) in [7, 11) is 0. The van der Waals surface area contributed by atoms with Gasteiger partial charge in [-0.25, -0.2) is 4.79 Å². The highest BCUT2D eigenvalue weighted by Crippen LogP contribution is 2.39. The molecule has 2 aliphatic heterocycles. The van der Waals surface area contributed by atoms with Crippen LogP contribution in [0.5, 0.6) is 5.75 Å². The summed E-state index contributed by atoms with van der Waals surface area (Å²) < 4.78 is 29.3. The second-order valence-electron chi connectivity index (χ2n) is 10.4. The van der Waals surface area contributed by atoms with Crippen molar-refractivity contribution in [3.05, 3.63) is 54.1 Å². The fourth-order valence-electron chi connectivity index (χ4n) is 5.73. The molecule has 3 aliphatic rings. The fourth-order valence-corrected chi connectivity index (χ4v) is 5.73. The number of aliphatic hydroxyl groups excluding tert-OH is 1. The molecule has 2 heterocycles. The highest BCUT2D eigenvalue weighted by atomic mass is 16.7. The van der Waals surface area contributed by atoms with Crippen molar-refractivity contribution in [1.29, 1.82) is 0 Å². The average Bonchev–Trinajstić information content (AvgIpc) is 3.20. The molecular formula is C30H40O9. The number of ether oxygens (including phenoxy) is 5. The minimum atomic E-state index is -1.78. The van der Waals surface area contributed by atoms with Crippen LogP contribution in [-0.4, -0.2) is 59.1 Å². The lowest BCUT2D eigenvalue weighted by atomic mass is 9.89. The zero-order valence-corrected chi connectivity index (χ0v) is 22.7. The summed E-state index contributed by atoms with van der Waals surface area (Å²) in [5, 5.41) is 21.1. The zero-order valence-electron chi connectivity index (χ0n) is 22.7. The zero-order chi connectivity index (χ0) is 27.8. The summed E-state index contributed by atoms with van der Waals surface area (Å²) in [6.45, 7) is 4.01. The number of hydrogen-bond donors (Lipinski definition) is 2. The van der Waals surface area contributed by atoms with Crippen LogP contribution in [0.2, 0.25) is 0 Å². The van der Waals surface area contributed by atoms with E-state index in [2.05, 4.69) is 0 Å². The molecule has 3 unspecified atom stereocenters. The normalized spacial score (nSPS) is 30.5. The Hall–Kier alpha value is -2.72. The maximum Gasteiger partial charge on any atom is 0.342 e. The first-order chi connectivity index (χ1) is 18.8. The lowest BCUT2D eigenvalue weighted by molar-refractivity contribution is -0.293. The smallest absolute Gasteiger partial charge is 0.342 e. The molecule has 39 heavy (non-hydrogen) atoms. The largest absolute Gasteiger partial charge is 0.479 e. The van der Waals surface area contributed by atoms with Crippen molar-refractivity contribution in [2.45, 2.75) is 95.8 Å². The highest BCUT2D eigenvalue weighted by Gasteiger charge is 2.53. The highest BCUT2D eigenvalue weighted by molar-refractivity contribution is 5.78. The van der Waals surface area contributed by atoms with E-state index in [0.29, 0.717) is 38.0 Å². The molecule has 7 atom stereocenters. The lowest BCUT2D eigenvalue weighted by Crippen LogP contribution is -2.58. The Morgan fingerprint density at radius 3 is 2.72 bits per heavy atom. The molecule has 4 rings (SSSR count). The first kappa shape index (κ1) is 29.3. The van der Waals surface area contributed by atoms with Crippen LogP contribution in [0.4, 0.5) is 0 Å². The quantitative estimate of drug-likeness (QED) is 0.306. The standard InChI is InChI=1S/C30H40O9/c1-3-11-23-22(24(32)18-26(23)37-20(2)31)13-5-4-9-16-30(28(33)34,39-27-15-8-10-17-35-27)29-36-19-21-12-6-7-14-25(21)38-29/h3-7,11-12,14,22-24,26-27,29,32H,8-10,13,15-19H2,1-2H3,(H,33,34)/t22-,23-,24+,26-,27?,29?,30?/m1/s1. The Kier molecular flexibility index (Phi) is 10.2. The van der Waals surface area contributed by atoms with Gasteiger partial charge < -0.3 is 33.9 Å². The molecule has 2 fully saturated rings. The third-order valence-corrected chi connectivity index (χ3v) is 7.70. The molecule has 2 N–H and O–H groups in total. The van der Waals surface area contributed by atoms with Crippen molar-refractivity contribution < 1.29 is 43.5 Å². The predicted molar refractivity (Wildman–Crippen MR) is 142 cm³/mol. The number of carbonyl (C=O) groups is 2. The van der Waals surface area contributed by atoms with Crippen LogP contribution in [0, 0.1) is 11.8 Å². The summed E-state index contributed by atoms with van der Waals surface area (Å²) in [5.41, 5.74) is -0.930. The third-order valence-electron chi connectivity index (χ3n) is 7.70. The Balaban J connectivity index is 1.46. The van der Waals surface area contributed by atoms with Gasteiger partial charge in [-0.05, 0) is 57.4 Å². The fraction of sp³-hybridized carbons (Fsp3) is 0.600. The molecule has 1 saturated carbocycles. The molecule has 9 nitrogen and oxygen atoms in total. The first-order valence-corrected chi connectivity index (χ1v) is 13.9. The third kappa shape index (κ3) is 7.08. The van der Waals surface area contributed by atoms with Crippen molar-refractivity contribution in [1.82, 2.24) is 0 Å². The monoisotopic (exact) mass is 544 g/mol. The van der Waals surface area contributed by atoms with Gasteiger partial charge in [0.15, 0.2) is 6.29 Å². The van der Waals surface area contributed by atoms with Crippen LogP contribution in [0.15, 0.2) is 48.6 Å². The maximum absolute atomic E-state index is 12.8. The number of allylic oxidation sites excluding steroid dienone is 3. The van der Waals surface area contributed by atoms with E-state index in [1.165, 1.54) is 6.92 Å². The van der Waals surface area contributed by atoms with Crippen molar-refractivity contribution >= 4 is 11.9 Å². The van der Waals surface area contributed by atoms with Crippen LogP contribution in [-0.2, 0) is 35.1 Å². The molecule has 1 aliphatic carbocycles. The molecule has 0 amide bonds. The van der Waals surface area contributed by atoms with Gasteiger partial charge in [-0.15, -0.1) is 0 Å². The van der Waals surface area contributed by atoms with Crippen LogP contribution >= 0.6 is 0 Å². The second-order valence-corrected chi connectivity index (χ2v) is 10.4. The lowest BCUT2D eigenvalue weighted by Gasteiger charge is -2.41. The number of esters is 1. The van der Waals surface area contributed by atoms with Crippen molar-refractivity contribution in [2.75, 3.05) is 6.61 Å². The Bertz CT molecular complexity index is 1030. The molecule has 1 saturated heterocycles. The first-order valence-electron chi connectivity index (χ1n) is 13.9. The molecule has 214 valence electrons. The minimum absolute atomic E-state index is 0.0902. The van der Waals surface area contributed by atoms with Gasteiger partial charge in [0.2, 0.25) is 11.9 Å². The van der Waals surface area contributed by atoms with Gasteiger partial charge in [0.05, 0.1) is 12.7 Å². The molecular weight excluding hydrogens is 504 g/mol. The van der Waals surface area contributed by atoms with Gasteiger partial charge in [-0.3, -0.25) is 4.79 Å². The summed E-state index contributed by atoms with van der Waals surface area (Å²) in [6, 6.07) is 7.39. The van der Waals surface area contributed by atoms with Gasteiger partial charge in [0, 0.05) is 31.4 Å². The SMILES string of the molecule is CC=C[C@@H]1[C@@H](CC=CCCC(OC2CCCCO2)(C(=O)O)C2OCc3ccccc3O2)[C@@H](O)C[C@H]1OC(C)=O. The number of fused-ring (bicyclic) bond motifs is 1. The van der Waals surface area contributed by atoms with Crippen LogP contribution in [0.25, 0.3) is 0 Å². The Morgan fingerprint density at radius 1 is 1.18 bits per heavy atom. The van der Waals surface area contributed by atoms with E-state index in [0.717, 1.165) is 18.4 Å². The number of carboxylic acid groups (broad SMARTS) is 1. The van der Waals surface area contributed by atoms with Gasteiger partial charge in [0.25, 0.3) is 0 Å². The van der Waals surface area contributed by atoms with E-state index in [-0.39, 0.29) is 36.9 Å². The average molecular weight is 545 g/mol. The van der Waals surface area contributed by atoms with Gasteiger partial charge in [-0.1, -0.05) is 42.5 Å². The molecule has 1 aromatic rings. The van der Waals surface area contributed by atoms with E-state index in [1.54, 1.807) is 6.07 Å². The van der Waals surface area contributed by atoms with E-state index < -0.39 is 30.3 Å². The predicted octanol–water partition coefficient (Wildman–Crippen LogP) is 4.52. The number of carbonyl (C=O) groups excluding carboxylic acids is 1. The molecule has 0 bridgehead atoms. The number of aliphatic carboxylic acids is 1.